The molecule has 0 saturated heterocycles. The molecule has 0 amide bonds. The minimum Gasteiger partial charge on any atom is -0.507 e. The van der Waals surface area contributed by atoms with Crippen LogP contribution in [0, 0.1) is 13.8 Å². The van der Waals surface area contributed by atoms with Gasteiger partial charge in [0.05, 0.1) is 14.2 Å². The number of methoxy groups -OCH3 is 2. The van der Waals surface area contributed by atoms with Crippen molar-refractivity contribution in [2.45, 2.75) is 79.3 Å². The number of aromatic hydroxyl groups is 6. The number of esters is 2. The normalized spacial score (nSPS) is 13.3. The van der Waals surface area contributed by atoms with Crippen molar-refractivity contribution in [2.75, 3.05) is 14.2 Å². The molecule has 266 valence electrons. The summed E-state index contributed by atoms with van der Waals surface area (Å²) in [6, 6.07) is 1.50. The van der Waals surface area contributed by atoms with Gasteiger partial charge in [0.15, 0.2) is 23.0 Å². The Hall–Kier alpha value is -5.52. The highest BCUT2D eigenvalue weighted by atomic mass is 16.5. The molecule has 2 atom stereocenters. The molecule has 0 fully saturated rings. The van der Waals surface area contributed by atoms with Crippen molar-refractivity contribution >= 4 is 45.9 Å². The fraction of sp³-hybridized carbons (Fsp3) is 0.368. The minimum absolute atomic E-state index is 0.0661. The number of aliphatic imine (C=N–C) groups is 2. The van der Waals surface area contributed by atoms with Crippen LogP contribution in [-0.2, 0) is 19.1 Å². The fourth-order valence-electron chi connectivity index (χ4n) is 6.46. The lowest BCUT2D eigenvalue weighted by atomic mass is 9.83. The lowest BCUT2D eigenvalue weighted by Gasteiger charge is -2.23. The Kier molecular flexibility index (Phi) is 10.6. The van der Waals surface area contributed by atoms with E-state index in [0.717, 1.165) is 0 Å². The number of hydrogen-bond acceptors (Lipinski definition) is 12. The van der Waals surface area contributed by atoms with Crippen LogP contribution in [0.15, 0.2) is 22.1 Å². The Morgan fingerprint density at radius 1 is 0.580 bits per heavy atom. The molecule has 12 heteroatoms. The molecule has 4 aromatic carbocycles. The number of hydrogen-bond donors (Lipinski definition) is 6. The van der Waals surface area contributed by atoms with Crippen molar-refractivity contribution in [1.82, 2.24) is 0 Å². The maximum absolute atomic E-state index is 12.2. The third-order valence-corrected chi connectivity index (χ3v) is 8.93. The van der Waals surface area contributed by atoms with Crippen molar-refractivity contribution in [3.05, 3.63) is 45.5 Å². The number of phenols is 6. The van der Waals surface area contributed by atoms with Crippen molar-refractivity contribution in [3.63, 3.8) is 0 Å². The quantitative estimate of drug-likeness (QED) is 0.0623. The molecule has 0 radical (unpaired) electrons. The smallest absolute Gasteiger partial charge is 0.330 e. The van der Waals surface area contributed by atoms with E-state index < -0.39 is 47.0 Å². The van der Waals surface area contributed by atoms with Crippen LogP contribution in [0.5, 0.6) is 34.5 Å². The Labute approximate surface area is 290 Å². The fourth-order valence-corrected chi connectivity index (χ4v) is 6.46. The lowest BCUT2D eigenvalue weighted by Crippen LogP contribution is -2.16. The van der Waals surface area contributed by atoms with Crippen molar-refractivity contribution in [2.24, 2.45) is 9.98 Å². The third-order valence-electron chi connectivity index (χ3n) is 8.93. The summed E-state index contributed by atoms with van der Waals surface area (Å²) in [7, 11) is 2.43. The van der Waals surface area contributed by atoms with E-state index in [1.54, 1.807) is 26.0 Å². The van der Waals surface area contributed by atoms with Gasteiger partial charge in [-0.25, -0.2) is 9.59 Å². The second-order valence-corrected chi connectivity index (χ2v) is 13.0. The molecule has 6 N–H and O–H groups in total. The Morgan fingerprint density at radius 2 is 0.900 bits per heavy atom. The van der Waals surface area contributed by atoms with Gasteiger partial charge < -0.3 is 40.1 Å². The lowest BCUT2D eigenvalue weighted by molar-refractivity contribution is -0.142. The molecule has 4 aromatic rings. The zero-order chi connectivity index (χ0) is 37.5. The highest BCUT2D eigenvalue weighted by molar-refractivity contribution is 6.15. The van der Waals surface area contributed by atoms with Crippen LogP contribution in [0.25, 0.3) is 32.7 Å². The van der Waals surface area contributed by atoms with Crippen LogP contribution in [0.1, 0.15) is 86.8 Å². The number of carbonyl (C=O) groups is 2. The van der Waals surface area contributed by atoms with Gasteiger partial charge in [-0.15, -0.1) is 0 Å². The zero-order valence-corrected chi connectivity index (χ0v) is 29.8. The number of carbonyl (C=O) groups excluding carboxylic acids is 2. The highest BCUT2D eigenvalue weighted by Gasteiger charge is 2.30. The topological polar surface area (TPSA) is 199 Å². The minimum atomic E-state index is -0.971. The number of ether oxygens (including phenoxy) is 2. The van der Waals surface area contributed by atoms with Gasteiger partial charge in [0.25, 0.3) is 0 Å². The summed E-state index contributed by atoms with van der Waals surface area (Å²) >= 11 is 0. The molecule has 0 saturated carbocycles. The predicted molar refractivity (Wildman–Crippen MR) is 193 cm³/mol. The average Bonchev–Trinajstić information content (AvgIpc) is 3.05. The summed E-state index contributed by atoms with van der Waals surface area (Å²) < 4.78 is 9.52. The van der Waals surface area contributed by atoms with Crippen molar-refractivity contribution in [3.8, 4) is 45.6 Å². The van der Waals surface area contributed by atoms with Gasteiger partial charge in [-0.05, 0) is 61.4 Å². The largest absolute Gasteiger partial charge is 0.507 e. The number of benzene rings is 4. The first-order chi connectivity index (χ1) is 23.4. The van der Waals surface area contributed by atoms with E-state index in [-0.39, 0.29) is 56.4 Å². The second kappa shape index (κ2) is 14.1. The van der Waals surface area contributed by atoms with E-state index in [4.69, 9.17) is 9.47 Å². The van der Waals surface area contributed by atoms with Crippen LogP contribution in [0.4, 0.5) is 0 Å². The molecule has 0 aromatic heterocycles. The monoisotopic (exact) mass is 688 g/mol. The molecule has 0 heterocycles. The van der Waals surface area contributed by atoms with Gasteiger partial charge in [-0.2, -0.15) is 0 Å². The first-order valence-corrected chi connectivity index (χ1v) is 16.1. The molecule has 0 aliphatic heterocycles. The maximum atomic E-state index is 12.2. The number of fused-ring (bicyclic) bond motifs is 2. The van der Waals surface area contributed by atoms with E-state index in [9.17, 15) is 40.2 Å². The van der Waals surface area contributed by atoms with Crippen LogP contribution in [-0.4, -0.2) is 81.3 Å². The SMILES string of the molecule is COC(=O)[C@H](C)N=Cc1c(O)c(O)c(C(C)C)c2cc(C)c(-c3c(C)cc4c(C(C)C)c(O)c(O)c(C=N[C@@H](C)C(=O)OC)c4c3O)c(O)c12. The van der Waals surface area contributed by atoms with E-state index >= 15 is 0 Å². The number of aryl methyl sites for hydroxylation is 2. The third kappa shape index (κ3) is 6.21. The molecular weight excluding hydrogens is 644 g/mol. The number of phenolic OH excluding ortho intramolecular Hbond substituents is 6. The highest BCUT2D eigenvalue weighted by Crippen LogP contribution is 2.54. The summed E-state index contributed by atoms with van der Waals surface area (Å²) in [5, 5.41) is 70.2. The van der Waals surface area contributed by atoms with E-state index in [1.807, 2.05) is 27.7 Å². The van der Waals surface area contributed by atoms with Crippen LogP contribution in [0.2, 0.25) is 0 Å². The van der Waals surface area contributed by atoms with Crippen molar-refractivity contribution in [1.29, 1.82) is 0 Å². The number of rotatable bonds is 9. The van der Waals surface area contributed by atoms with Gasteiger partial charge in [0.1, 0.15) is 23.6 Å². The van der Waals surface area contributed by atoms with Gasteiger partial charge in [0, 0.05) is 56.6 Å². The molecular formula is C38H44N2O10. The maximum Gasteiger partial charge on any atom is 0.330 e. The molecule has 0 bridgehead atoms. The van der Waals surface area contributed by atoms with Crippen LogP contribution in [0.3, 0.4) is 0 Å². The Bertz CT molecular complexity index is 1950. The first-order valence-electron chi connectivity index (χ1n) is 16.1. The van der Waals surface area contributed by atoms with Gasteiger partial charge in [-0.1, -0.05) is 39.8 Å². The predicted octanol–water partition coefficient (Wildman–Crippen LogP) is 6.72. The van der Waals surface area contributed by atoms with Gasteiger partial charge in [-0.3, -0.25) is 9.98 Å². The summed E-state index contributed by atoms with van der Waals surface area (Å²) in [5.41, 5.74) is 1.93. The van der Waals surface area contributed by atoms with Crippen LogP contribution < -0.4 is 0 Å². The molecule has 50 heavy (non-hydrogen) atoms. The van der Waals surface area contributed by atoms with E-state index in [1.165, 1.54) is 40.5 Å². The Morgan fingerprint density at radius 3 is 1.18 bits per heavy atom. The average molecular weight is 689 g/mol. The molecule has 0 spiro atoms. The summed E-state index contributed by atoms with van der Waals surface area (Å²) in [6.45, 7) is 13.7. The first kappa shape index (κ1) is 37.3. The summed E-state index contributed by atoms with van der Waals surface area (Å²) in [6.07, 6.45) is 2.36. The van der Waals surface area contributed by atoms with Gasteiger partial charge in [0.2, 0.25) is 0 Å². The van der Waals surface area contributed by atoms with E-state index in [0.29, 0.717) is 33.0 Å². The Balaban J connectivity index is 2.22. The molecule has 0 aliphatic carbocycles. The van der Waals surface area contributed by atoms with E-state index in [2.05, 4.69) is 9.98 Å². The van der Waals surface area contributed by atoms with Gasteiger partial charge >= 0.3 is 11.9 Å². The summed E-state index contributed by atoms with van der Waals surface area (Å²) in [4.78, 5) is 32.6. The molecule has 0 aliphatic rings. The van der Waals surface area contributed by atoms with Crippen molar-refractivity contribution < 1.29 is 49.7 Å². The zero-order valence-electron chi connectivity index (χ0n) is 29.8. The second-order valence-electron chi connectivity index (χ2n) is 13.0. The standard InChI is InChI=1S/C38H44N2O10/c1-15(2)25-21-11-17(5)27(33(43)29(21)23(31(41)35(25)45)13-39-19(7)37(47)49-9)28-18(6)12-22-26(16(3)4)36(46)32(42)24(30(22)34(28)44)14-40-20(8)38(48)50-10/h11-16,19-20,41-46H,1-10H3/t19-,20-/m0/s1. The van der Waals surface area contributed by atoms with Crippen LogP contribution >= 0.6 is 0 Å². The molecule has 12 nitrogen and oxygen atoms in total. The number of nitrogens with zero attached hydrogens (tertiary/aromatic N) is 2. The summed E-state index contributed by atoms with van der Waals surface area (Å²) in [5.74, 6) is -4.53. The molecule has 4 rings (SSSR count). The molecule has 0 unspecified atom stereocenters.